The number of hydrogen-bond donors (Lipinski definition) is 1. The highest BCUT2D eigenvalue weighted by Gasteiger charge is 2.23. The summed E-state index contributed by atoms with van der Waals surface area (Å²) in [5.74, 6) is 0.309. The van der Waals surface area contributed by atoms with Crippen molar-refractivity contribution in [2.24, 2.45) is 11.0 Å². The molecule has 8 nitrogen and oxygen atoms in total. The Labute approximate surface area is 178 Å². The normalized spacial score (nSPS) is 18.5. The van der Waals surface area contributed by atoms with Crippen LogP contribution in [0.25, 0.3) is 21.3 Å². The molecule has 0 atom stereocenters. The zero-order valence-electron chi connectivity index (χ0n) is 17.0. The topological polar surface area (TPSA) is 109 Å². The van der Waals surface area contributed by atoms with Crippen LogP contribution in [0.2, 0.25) is 0 Å². The molecule has 10 heteroatoms. The Bertz CT molecular complexity index is 928. The van der Waals surface area contributed by atoms with Gasteiger partial charge in [-0.15, -0.1) is 0 Å². The molecule has 31 heavy (non-hydrogen) atoms. The van der Waals surface area contributed by atoms with Gasteiger partial charge in [0.05, 0.1) is 11.1 Å². The molecule has 1 saturated carbocycles. The predicted molar refractivity (Wildman–Crippen MR) is 111 cm³/mol. The maximum atomic E-state index is 12.6. The number of pyridine rings is 1. The third-order valence-electron chi connectivity index (χ3n) is 5.29. The molecule has 166 valence electrons. The van der Waals surface area contributed by atoms with Crippen molar-refractivity contribution in [2.45, 2.75) is 44.8 Å². The summed E-state index contributed by atoms with van der Waals surface area (Å²) >= 11 is 0. The number of nitrogens with zero attached hydrogens (tertiary/aromatic N) is 4. The van der Waals surface area contributed by atoms with Crippen LogP contribution in [0.3, 0.4) is 0 Å². The Kier molecular flexibility index (Phi) is 8.37. The van der Waals surface area contributed by atoms with Crippen LogP contribution in [0.5, 0.6) is 5.75 Å². The Balaban J connectivity index is 1.45. The largest absolute Gasteiger partial charge is 0.435 e. The molecule has 1 heterocycles. The molecule has 1 aliphatic carbocycles. The van der Waals surface area contributed by atoms with Crippen molar-refractivity contribution < 1.29 is 23.0 Å². The first-order valence-corrected chi connectivity index (χ1v) is 10.3. The van der Waals surface area contributed by atoms with E-state index >= 15 is 0 Å². The Morgan fingerprint density at radius 3 is 2.84 bits per heavy atom. The van der Waals surface area contributed by atoms with Gasteiger partial charge in [0.2, 0.25) is 0 Å². The van der Waals surface area contributed by atoms with E-state index in [0.29, 0.717) is 42.1 Å². The first-order chi connectivity index (χ1) is 15.0. The zero-order valence-corrected chi connectivity index (χ0v) is 17.0. The number of carbonyl (C=O) groups is 1. The predicted octanol–water partition coefficient (Wildman–Crippen LogP) is 4.84. The molecular weight excluding hydrogens is 408 g/mol. The van der Waals surface area contributed by atoms with Gasteiger partial charge in [-0.1, -0.05) is 5.11 Å². The highest BCUT2D eigenvalue weighted by molar-refractivity contribution is 5.97. The number of benzene rings is 1. The van der Waals surface area contributed by atoms with Gasteiger partial charge in [-0.3, -0.25) is 9.78 Å². The molecule has 0 radical (unpaired) electrons. The van der Waals surface area contributed by atoms with Crippen molar-refractivity contribution >= 4 is 16.8 Å². The minimum absolute atomic E-state index is 0.0311. The van der Waals surface area contributed by atoms with Crippen molar-refractivity contribution in [1.82, 2.24) is 10.3 Å². The number of rotatable bonds is 10. The molecule has 0 aliphatic heterocycles. The maximum absolute atomic E-state index is 12.6. The van der Waals surface area contributed by atoms with Gasteiger partial charge in [0.15, 0.2) is 0 Å². The van der Waals surface area contributed by atoms with Gasteiger partial charge < -0.3 is 14.8 Å². The van der Waals surface area contributed by atoms with E-state index in [-0.39, 0.29) is 17.7 Å². The molecule has 1 aromatic carbocycles. The number of azide groups is 1. The highest BCUT2D eigenvalue weighted by Crippen LogP contribution is 2.25. The number of ether oxygens (including phenoxy) is 2. The molecule has 0 unspecified atom stereocenters. The number of aromatic nitrogens is 1. The number of carbonyl (C=O) groups excluding carboxylic acids is 1. The van der Waals surface area contributed by atoms with E-state index < -0.39 is 6.61 Å². The second kappa shape index (κ2) is 11.4. The van der Waals surface area contributed by atoms with Crippen LogP contribution in [0.15, 0.2) is 35.6 Å². The molecule has 1 aliphatic rings. The highest BCUT2D eigenvalue weighted by atomic mass is 19.3. The first kappa shape index (κ1) is 22.7. The van der Waals surface area contributed by atoms with E-state index in [4.69, 9.17) is 10.3 Å². The average molecular weight is 433 g/mol. The van der Waals surface area contributed by atoms with Crippen molar-refractivity contribution in [3.8, 4) is 5.75 Å². The van der Waals surface area contributed by atoms with E-state index in [1.54, 1.807) is 12.1 Å². The molecule has 1 fully saturated rings. The molecule has 1 N–H and O–H groups in total. The van der Waals surface area contributed by atoms with Crippen LogP contribution in [0.1, 0.15) is 42.5 Å². The quantitative estimate of drug-likeness (QED) is 0.250. The van der Waals surface area contributed by atoms with Crippen molar-refractivity contribution in [2.75, 3.05) is 19.8 Å². The number of fused-ring (bicyclic) bond motifs is 1. The second-order valence-corrected chi connectivity index (χ2v) is 7.53. The van der Waals surface area contributed by atoms with Crippen molar-refractivity contribution in [3.63, 3.8) is 0 Å². The SMILES string of the molecule is [N-]=[N+]=NCCCOC[C@H]1CC[C@H](NC(=O)c2cnc3cc(OC(F)F)ccc3c2)CC1. The summed E-state index contributed by atoms with van der Waals surface area (Å²) < 4.78 is 34.7. The number of amides is 1. The fourth-order valence-corrected chi connectivity index (χ4v) is 3.68. The van der Waals surface area contributed by atoms with Gasteiger partial charge in [0.1, 0.15) is 5.75 Å². The van der Waals surface area contributed by atoms with Crippen molar-refractivity contribution in [3.05, 3.63) is 46.5 Å². The lowest BCUT2D eigenvalue weighted by atomic mass is 9.86. The molecule has 1 amide bonds. The average Bonchev–Trinajstić information content (AvgIpc) is 2.76. The van der Waals surface area contributed by atoms with E-state index in [2.05, 4.69) is 25.1 Å². The van der Waals surface area contributed by atoms with E-state index in [1.165, 1.54) is 18.3 Å². The van der Waals surface area contributed by atoms with Crippen molar-refractivity contribution in [1.29, 1.82) is 0 Å². The number of halogens is 2. The van der Waals surface area contributed by atoms with E-state index in [1.807, 2.05) is 0 Å². The van der Waals surface area contributed by atoms with Gasteiger partial charge in [0.25, 0.3) is 5.91 Å². The lowest BCUT2D eigenvalue weighted by Crippen LogP contribution is -2.38. The molecule has 1 aromatic heterocycles. The number of hydrogen-bond acceptors (Lipinski definition) is 5. The van der Waals surface area contributed by atoms with Crippen LogP contribution >= 0.6 is 0 Å². The monoisotopic (exact) mass is 433 g/mol. The fourth-order valence-electron chi connectivity index (χ4n) is 3.68. The molecule has 2 aromatic rings. The van der Waals surface area contributed by atoms with E-state index in [9.17, 15) is 13.6 Å². The lowest BCUT2D eigenvalue weighted by molar-refractivity contribution is -0.0497. The van der Waals surface area contributed by atoms with E-state index in [0.717, 1.165) is 32.1 Å². The summed E-state index contributed by atoms with van der Waals surface area (Å²) in [6.45, 7) is -1.18. The van der Waals surface area contributed by atoms with Gasteiger partial charge in [-0.05, 0) is 61.8 Å². The van der Waals surface area contributed by atoms with Crippen LogP contribution < -0.4 is 10.1 Å². The Morgan fingerprint density at radius 1 is 1.29 bits per heavy atom. The standard InChI is InChI=1S/C21H25F2N5O3/c22-21(23)31-18-7-4-15-10-16(12-25-19(15)11-18)20(29)27-17-5-2-14(3-6-17)13-30-9-1-8-26-28-24/h4,7,10-12,14,17,21H,1-3,5-6,8-9,13H2,(H,27,29)/t14-,17-. The zero-order chi connectivity index (χ0) is 22.1. The lowest BCUT2D eigenvalue weighted by Gasteiger charge is -2.29. The van der Waals surface area contributed by atoms with Crippen LogP contribution in [0.4, 0.5) is 8.78 Å². The van der Waals surface area contributed by atoms with Crippen LogP contribution in [-0.2, 0) is 4.74 Å². The third kappa shape index (κ3) is 7.04. The molecule has 0 spiro atoms. The van der Waals surface area contributed by atoms with Gasteiger partial charge in [0, 0.05) is 48.4 Å². The molecule has 0 saturated heterocycles. The minimum Gasteiger partial charge on any atom is -0.435 e. The Morgan fingerprint density at radius 2 is 2.10 bits per heavy atom. The summed E-state index contributed by atoms with van der Waals surface area (Å²) in [4.78, 5) is 19.5. The summed E-state index contributed by atoms with van der Waals surface area (Å²) in [5, 5.41) is 7.21. The molecule has 3 rings (SSSR count). The molecule has 0 bridgehead atoms. The Hall–Kier alpha value is -2.97. The van der Waals surface area contributed by atoms with Crippen LogP contribution in [0, 0.1) is 5.92 Å². The maximum Gasteiger partial charge on any atom is 0.387 e. The third-order valence-corrected chi connectivity index (χ3v) is 5.29. The number of alkyl halides is 2. The van der Waals surface area contributed by atoms with Gasteiger partial charge in [-0.2, -0.15) is 8.78 Å². The summed E-state index contributed by atoms with van der Waals surface area (Å²) in [7, 11) is 0. The summed E-state index contributed by atoms with van der Waals surface area (Å²) in [6, 6.07) is 6.25. The number of nitrogens with one attached hydrogen (secondary N) is 1. The van der Waals surface area contributed by atoms with Gasteiger partial charge in [-0.25, -0.2) is 0 Å². The molecular formula is C21H25F2N5O3. The fraction of sp³-hybridized carbons (Fsp3) is 0.524. The summed E-state index contributed by atoms with van der Waals surface area (Å²) in [6.07, 6.45) is 5.88. The first-order valence-electron chi connectivity index (χ1n) is 10.3. The minimum atomic E-state index is -2.90. The van der Waals surface area contributed by atoms with Gasteiger partial charge >= 0.3 is 6.61 Å². The van der Waals surface area contributed by atoms with Crippen LogP contribution in [-0.4, -0.2) is 43.3 Å². The summed E-state index contributed by atoms with van der Waals surface area (Å²) in [5.41, 5.74) is 9.14. The smallest absolute Gasteiger partial charge is 0.387 e. The second-order valence-electron chi connectivity index (χ2n) is 7.53.